The van der Waals surface area contributed by atoms with Crippen LogP contribution in [-0.4, -0.2) is 36.3 Å². The van der Waals surface area contributed by atoms with Crippen LogP contribution in [0.5, 0.6) is 0 Å². The Labute approximate surface area is 148 Å². The van der Waals surface area contributed by atoms with Gasteiger partial charge >= 0.3 is 0 Å². The van der Waals surface area contributed by atoms with Gasteiger partial charge in [-0.3, -0.25) is 9.59 Å². The van der Waals surface area contributed by atoms with Gasteiger partial charge in [0.25, 0.3) is 0 Å². The van der Waals surface area contributed by atoms with Crippen LogP contribution in [0.4, 0.5) is 11.4 Å². The van der Waals surface area contributed by atoms with Gasteiger partial charge in [-0.2, -0.15) is 0 Å². The lowest BCUT2D eigenvalue weighted by Gasteiger charge is -2.24. The van der Waals surface area contributed by atoms with Gasteiger partial charge in [0.2, 0.25) is 11.8 Å². The minimum atomic E-state index is -0.388. The standard InChI is InChI=1S/C20H23N3O2/c1-22(19(24)12-11-15-7-5-6-10-17(15)21)18-13-14-23(20(18)25)16-8-3-2-4-9-16/h2-10,18H,11-14,21H2,1H3. The van der Waals surface area contributed by atoms with E-state index in [0.29, 0.717) is 31.5 Å². The summed E-state index contributed by atoms with van der Waals surface area (Å²) in [4.78, 5) is 28.6. The molecule has 1 saturated heterocycles. The molecular weight excluding hydrogens is 314 g/mol. The Bertz CT molecular complexity index is 761. The molecule has 0 aromatic heterocycles. The van der Waals surface area contributed by atoms with Crippen LogP contribution in [0, 0.1) is 0 Å². The van der Waals surface area contributed by atoms with Gasteiger partial charge in [0, 0.05) is 31.4 Å². The van der Waals surface area contributed by atoms with Crippen LogP contribution in [0.2, 0.25) is 0 Å². The number of rotatable bonds is 5. The molecule has 0 aliphatic carbocycles. The molecule has 25 heavy (non-hydrogen) atoms. The number of likely N-dealkylation sites (N-methyl/N-ethyl adjacent to an activating group) is 1. The molecule has 1 fully saturated rings. The lowest BCUT2D eigenvalue weighted by atomic mass is 10.1. The van der Waals surface area contributed by atoms with Gasteiger partial charge in [0.1, 0.15) is 6.04 Å². The number of carbonyl (C=O) groups is 2. The van der Waals surface area contributed by atoms with Crippen LogP contribution in [-0.2, 0) is 16.0 Å². The molecule has 0 radical (unpaired) electrons. The maximum absolute atomic E-state index is 12.7. The van der Waals surface area contributed by atoms with Crippen molar-refractivity contribution < 1.29 is 9.59 Å². The Balaban J connectivity index is 1.61. The van der Waals surface area contributed by atoms with Crippen molar-refractivity contribution in [3.63, 3.8) is 0 Å². The summed E-state index contributed by atoms with van der Waals surface area (Å²) in [5.41, 5.74) is 8.47. The molecule has 2 aromatic rings. The van der Waals surface area contributed by atoms with Gasteiger partial charge in [-0.1, -0.05) is 36.4 Å². The number of nitrogen functional groups attached to an aromatic ring is 1. The topological polar surface area (TPSA) is 66.6 Å². The van der Waals surface area contributed by atoms with Crippen LogP contribution < -0.4 is 10.6 Å². The molecular formula is C20H23N3O2. The highest BCUT2D eigenvalue weighted by Crippen LogP contribution is 2.24. The molecule has 1 aliphatic rings. The molecule has 5 heteroatoms. The third-order valence-corrected chi connectivity index (χ3v) is 4.77. The summed E-state index contributed by atoms with van der Waals surface area (Å²) < 4.78 is 0. The van der Waals surface area contributed by atoms with Gasteiger partial charge in [0.15, 0.2) is 0 Å². The number of benzene rings is 2. The molecule has 1 aliphatic heterocycles. The predicted octanol–water partition coefficient (Wildman–Crippen LogP) is 2.47. The monoisotopic (exact) mass is 337 g/mol. The maximum atomic E-state index is 12.7. The van der Waals surface area contributed by atoms with E-state index in [2.05, 4.69) is 0 Å². The fourth-order valence-corrected chi connectivity index (χ4v) is 3.24. The summed E-state index contributed by atoms with van der Waals surface area (Å²) in [6.07, 6.45) is 1.59. The van der Waals surface area contributed by atoms with E-state index in [1.807, 2.05) is 54.6 Å². The zero-order valence-electron chi connectivity index (χ0n) is 14.4. The number of nitrogens with two attached hydrogens (primary N) is 1. The fraction of sp³-hybridized carbons (Fsp3) is 0.300. The van der Waals surface area contributed by atoms with E-state index in [1.54, 1.807) is 16.8 Å². The van der Waals surface area contributed by atoms with E-state index in [9.17, 15) is 9.59 Å². The third-order valence-electron chi connectivity index (χ3n) is 4.77. The van der Waals surface area contributed by atoms with E-state index in [1.165, 1.54) is 0 Å². The second kappa shape index (κ2) is 7.38. The molecule has 2 aromatic carbocycles. The molecule has 2 N–H and O–H groups in total. The number of nitrogens with zero attached hydrogens (tertiary/aromatic N) is 2. The number of para-hydroxylation sites is 2. The quantitative estimate of drug-likeness (QED) is 0.852. The molecule has 0 bridgehead atoms. The molecule has 0 spiro atoms. The molecule has 3 rings (SSSR count). The van der Waals surface area contributed by atoms with Crippen molar-refractivity contribution in [2.75, 3.05) is 24.2 Å². The lowest BCUT2D eigenvalue weighted by Crippen LogP contribution is -2.43. The van der Waals surface area contributed by atoms with Crippen molar-refractivity contribution in [2.24, 2.45) is 0 Å². The van der Waals surface area contributed by atoms with Gasteiger partial charge in [0.05, 0.1) is 0 Å². The zero-order chi connectivity index (χ0) is 17.8. The highest BCUT2D eigenvalue weighted by molar-refractivity contribution is 6.01. The second-order valence-corrected chi connectivity index (χ2v) is 6.33. The highest BCUT2D eigenvalue weighted by Gasteiger charge is 2.36. The van der Waals surface area contributed by atoms with E-state index in [4.69, 9.17) is 5.73 Å². The van der Waals surface area contributed by atoms with E-state index in [0.717, 1.165) is 11.3 Å². The van der Waals surface area contributed by atoms with Crippen molar-refractivity contribution >= 4 is 23.2 Å². The lowest BCUT2D eigenvalue weighted by molar-refractivity contribution is -0.136. The first-order chi connectivity index (χ1) is 12.1. The zero-order valence-corrected chi connectivity index (χ0v) is 14.4. The van der Waals surface area contributed by atoms with Crippen molar-refractivity contribution in [3.8, 4) is 0 Å². The fourth-order valence-electron chi connectivity index (χ4n) is 3.24. The Kier molecular flexibility index (Phi) is 5.03. The molecule has 1 heterocycles. The molecule has 1 atom stereocenters. The van der Waals surface area contributed by atoms with Gasteiger partial charge in [-0.05, 0) is 36.6 Å². The normalized spacial score (nSPS) is 16.9. The van der Waals surface area contributed by atoms with Crippen molar-refractivity contribution in [1.82, 2.24) is 4.90 Å². The Morgan fingerprint density at radius 2 is 1.84 bits per heavy atom. The van der Waals surface area contributed by atoms with Gasteiger partial charge in [-0.25, -0.2) is 0 Å². The Morgan fingerprint density at radius 3 is 2.56 bits per heavy atom. The summed E-state index contributed by atoms with van der Waals surface area (Å²) in [6, 6.07) is 16.8. The van der Waals surface area contributed by atoms with Crippen LogP contribution >= 0.6 is 0 Å². The molecule has 1 unspecified atom stereocenters. The minimum absolute atomic E-state index is 0.0127. The Morgan fingerprint density at radius 1 is 1.16 bits per heavy atom. The van der Waals surface area contributed by atoms with Crippen LogP contribution in [0.1, 0.15) is 18.4 Å². The van der Waals surface area contributed by atoms with Gasteiger partial charge < -0.3 is 15.5 Å². The van der Waals surface area contributed by atoms with Crippen LogP contribution in [0.15, 0.2) is 54.6 Å². The van der Waals surface area contributed by atoms with Gasteiger partial charge in [-0.15, -0.1) is 0 Å². The first-order valence-corrected chi connectivity index (χ1v) is 8.53. The summed E-state index contributed by atoms with van der Waals surface area (Å²) in [6.45, 7) is 0.636. The SMILES string of the molecule is CN(C(=O)CCc1ccccc1N)C1CCN(c2ccccc2)C1=O. The number of hydrogen-bond donors (Lipinski definition) is 1. The first kappa shape index (κ1) is 17.0. The maximum Gasteiger partial charge on any atom is 0.249 e. The van der Waals surface area contributed by atoms with E-state index < -0.39 is 0 Å². The average molecular weight is 337 g/mol. The second-order valence-electron chi connectivity index (χ2n) is 6.33. The Hall–Kier alpha value is -2.82. The van der Waals surface area contributed by atoms with E-state index >= 15 is 0 Å². The number of anilines is 2. The summed E-state index contributed by atoms with van der Waals surface area (Å²) in [5.74, 6) is -0.0437. The third kappa shape index (κ3) is 3.65. The van der Waals surface area contributed by atoms with Crippen LogP contribution in [0.25, 0.3) is 0 Å². The number of hydrogen-bond acceptors (Lipinski definition) is 3. The first-order valence-electron chi connectivity index (χ1n) is 8.53. The number of amides is 2. The predicted molar refractivity (Wildman–Crippen MR) is 99.1 cm³/mol. The molecule has 2 amide bonds. The van der Waals surface area contributed by atoms with Crippen molar-refractivity contribution in [1.29, 1.82) is 0 Å². The van der Waals surface area contributed by atoms with Crippen molar-refractivity contribution in [2.45, 2.75) is 25.3 Å². The summed E-state index contributed by atoms with van der Waals surface area (Å²) in [5, 5.41) is 0. The van der Waals surface area contributed by atoms with Crippen molar-refractivity contribution in [3.05, 3.63) is 60.2 Å². The summed E-state index contributed by atoms with van der Waals surface area (Å²) >= 11 is 0. The number of carbonyl (C=O) groups excluding carboxylic acids is 2. The average Bonchev–Trinajstić information content (AvgIpc) is 3.02. The summed E-state index contributed by atoms with van der Waals surface area (Å²) in [7, 11) is 1.72. The van der Waals surface area contributed by atoms with Crippen LogP contribution in [0.3, 0.4) is 0 Å². The molecule has 0 saturated carbocycles. The minimum Gasteiger partial charge on any atom is -0.399 e. The highest BCUT2D eigenvalue weighted by atomic mass is 16.2. The molecule has 5 nitrogen and oxygen atoms in total. The van der Waals surface area contributed by atoms with E-state index in [-0.39, 0.29) is 17.9 Å². The largest absolute Gasteiger partial charge is 0.399 e. The molecule has 130 valence electrons. The smallest absolute Gasteiger partial charge is 0.249 e. The number of aryl methyl sites for hydroxylation is 1.